The summed E-state index contributed by atoms with van der Waals surface area (Å²) in [4.78, 5) is 11.9. The second-order valence-corrected chi connectivity index (χ2v) is 5.41. The number of nitrogens with zero attached hydrogens (tertiary/aromatic N) is 2. The van der Waals surface area contributed by atoms with Gasteiger partial charge in [0.25, 0.3) is 0 Å². The van der Waals surface area contributed by atoms with Gasteiger partial charge in [-0.15, -0.1) is 0 Å². The van der Waals surface area contributed by atoms with Gasteiger partial charge in [0.2, 0.25) is 5.91 Å². The lowest BCUT2D eigenvalue weighted by Crippen LogP contribution is -2.47. The summed E-state index contributed by atoms with van der Waals surface area (Å²) in [6.07, 6.45) is 1.87. The first-order valence-corrected chi connectivity index (χ1v) is 5.78. The van der Waals surface area contributed by atoms with Gasteiger partial charge in [-0.1, -0.05) is 0 Å². The van der Waals surface area contributed by atoms with E-state index in [0.29, 0.717) is 0 Å². The molecule has 2 N–H and O–H groups in total. The van der Waals surface area contributed by atoms with Gasteiger partial charge >= 0.3 is 0 Å². The van der Waals surface area contributed by atoms with E-state index >= 15 is 0 Å². The van der Waals surface area contributed by atoms with Gasteiger partial charge in [0.15, 0.2) is 0 Å². The summed E-state index contributed by atoms with van der Waals surface area (Å²) < 4.78 is 1.73. The van der Waals surface area contributed by atoms with Crippen LogP contribution in [0.3, 0.4) is 0 Å². The lowest BCUT2D eigenvalue weighted by Gasteiger charge is -2.23. The Kier molecular flexibility index (Phi) is 3.80. The van der Waals surface area contributed by atoms with Crippen LogP contribution in [0.4, 0.5) is 5.69 Å². The van der Waals surface area contributed by atoms with Crippen molar-refractivity contribution >= 4 is 11.6 Å². The SMILES string of the molecule is Cc1nn(C)cc1NC(C)C(=O)NC(C)(C)C. The molecule has 5 heteroatoms. The minimum Gasteiger partial charge on any atom is -0.371 e. The van der Waals surface area contributed by atoms with Crippen molar-refractivity contribution in [3.05, 3.63) is 11.9 Å². The van der Waals surface area contributed by atoms with E-state index in [9.17, 15) is 4.79 Å². The predicted octanol–water partition coefficient (Wildman–Crippen LogP) is 1.44. The fraction of sp³-hybridized carbons (Fsp3) is 0.667. The standard InChI is InChI=1S/C12H22N4O/c1-8-10(7-16(6)15-8)13-9(2)11(17)14-12(3,4)5/h7,9,13H,1-6H3,(H,14,17). The van der Waals surface area contributed by atoms with E-state index in [4.69, 9.17) is 0 Å². The first-order chi connectivity index (χ1) is 7.69. The maximum atomic E-state index is 11.9. The summed E-state index contributed by atoms with van der Waals surface area (Å²) in [6, 6.07) is -0.280. The summed E-state index contributed by atoms with van der Waals surface area (Å²) in [5, 5.41) is 10.3. The lowest BCUT2D eigenvalue weighted by molar-refractivity contribution is -0.122. The molecule has 0 fully saturated rings. The molecule has 0 aliphatic heterocycles. The summed E-state index contributed by atoms with van der Waals surface area (Å²) >= 11 is 0. The van der Waals surface area contributed by atoms with Gasteiger partial charge < -0.3 is 10.6 Å². The molecule has 0 aromatic carbocycles. The average Bonchev–Trinajstić information content (AvgIpc) is 2.42. The monoisotopic (exact) mass is 238 g/mol. The highest BCUT2D eigenvalue weighted by Gasteiger charge is 2.19. The maximum absolute atomic E-state index is 11.9. The Bertz CT molecular complexity index is 403. The number of aromatic nitrogens is 2. The van der Waals surface area contributed by atoms with Crippen molar-refractivity contribution in [1.29, 1.82) is 0 Å². The zero-order valence-electron chi connectivity index (χ0n) is 11.5. The van der Waals surface area contributed by atoms with Crippen molar-refractivity contribution < 1.29 is 4.79 Å². The molecule has 1 atom stereocenters. The topological polar surface area (TPSA) is 59.0 Å². The molecule has 1 unspecified atom stereocenters. The minimum atomic E-state index is -0.280. The number of hydrogen-bond donors (Lipinski definition) is 2. The summed E-state index contributed by atoms with van der Waals surface area (Å²) in [7, 11) is 1.86. The van der Waals surface area contributed by atoms with E-state index in [1.165, 1.54) is 0 Å². The van der Waals surface area contributed by atoms with Crippen molar-refractivity contribution in [3.8, 4) is 0 Å². The van der Waals surface area contributed by atoms with Crippen LogP contribution in [-0.2, 0) is 11.8 Å². The van der Waals surface area contributed by atoms with Gasteiger partial charge in [-0.3, -0.25) is 9.48 Å². The number of hydrogen-bond acceptors (Lipinski definition) is 3. The molecule has 1 aromatic heterocycles. The third kappa shape index (κ3) is 4.09. The first kappa shape index (κ1) is 13.5. The van der Waals surface area contributed by atoms with Crippen LogP contribution >= 0.6 is 0 Å². The summed E-state index contributed by atoms with van der Waals surface area (Å²) in [5.41, 5.74) is 1.57. The van der Waals surface area contributed by atoms with E-state index in [-0.39, 0.29) is 17.5 Å². The smallest absolute Gasteiger partial charge is 0.242 e. The molecule has 5 nitrogen and oxygen atoms in total. The van der Waals surface area contributed by atoms with Gasteiger partial charge in [0.1, 0.15) is 6.04 Å². The van der Waals surface area contributed by atoms with Crippen molar-refractivity contribution in [2.24, 2.45) is 7.05 Å². The number of aryl methyl sites for hydroxylation is 2. The van der Waals surface area contributed by atoms with E-state index in [0.717, 1.165) is 11.4 Å². The van der Waals surface area contributed by atoms with Crippen molar-refractivity contribution in [3.63, 3.8) is 0 Å². The Balaban J connectivity index is 2.63. The highest BCUT2D eigenvalue weighted by Crippen LogP contribution is 2.13. The fourth-order valence-corrected chi connectivity index (χ4v) is 1.52. The highest BCUT2D eigenvalue weighted by atomic mass is 16.2. The Morgan fingerprint density at radius 3 is 2.47 bits per heavy atom. The first-order valence-electron chi connectivity index (χ1n) is 5.78. The molecule has 96 valence electrons. The Hall–Kier alpha value is -1.52. The van der Waals surface area contributed by atoms with Crippen LogP contribution in [-0.4, -0.2) is 27.3 Å². The third-order valence-corrected chi connectivity index (χ3v) is 2.28. The Labute approximate surface area is 103 Å². The van der Waals surface area contributed by atoms with Gasteiger partial charge in [0, 0.05) is 18.8 Å². The molecule has 0 aliphatic rings. The number of anilines is 1. The van der Waals surface area contributed by atoms with Crippen molar-refractivity contribution in [2.45, 2.75) is 46.2 Å². The molecule has 0 spiro atoms. The minimum absolute atomic E-state index is 0.0132. The molecule has 0 saturated carbocycles. The summed E-state index contributed by atoms with van der Waals surface area (Å²) in [6.45, 7) is 9.65. The number of nitrogens with one attached hydrogen (secondary N) is 2. The highest BCUT2D eigenvalue weighted by molar-refractivity contribution is 5.84. The number of rotatable bonds is 3. The molecule has 1 heterocycles. The molecular formula is C12H22N4O. The summed E-state index contributed by atoms with van der Waals surface area (Å²) in [5.74, 6) is -0.0132. The van der Waals surface area contributed by atoms with Gasteiger partial charge in [-0.25, -0.2) is 0 Å². The lowest BCUT2D eigenvalue weighted by atomic mass is 10.1. The van der Waals surface area contributed by atoms with Crippen LogP contribution < -0.4 is 10.6 Å². The zero-order valence-corrected chi connectivity index (χ0v) is 11.5. The van der Waals surface area contributed by atoms with Crippen molar-refractivity contribution in [1.82, 2.24) is 15.1 Å². The molecule has 0 radical (unpaired) electrons. The van der Waals surface area contributed by atoms with Crippen LogP contribution in [0.15, 0.2) is 6.20 Å². The normalized spacial score (nSPS) is 13.3. The van der Waals surface area contributed by atoms with Crippen LogP contribution in [0.1, 0.15) is 33.4 Å². The number of carbonyl (C=O) groups excluding carboxylic acids is 1. The number of carbonyl (C=O) groups is 1. The molecule has 17 heavy (non-hydrogen) atoms. The van der Waals surface area contributed by atoms with Gasteiger partial charge in [-0.2, -0.15) is 5.10 Å². The second kappa shape index (κ2) is 4.77. The van der Waals surface area contributed by atoms with E-state index in [2.05, 4.69) is 15.7 Å². The molecule has 1 amide bonds. The Morgan fingerprint density at radius 2 is 2.06 bits per heavy atom. The zero-order chi connectivity index (χ0) is 13.2. The molecular weight excluding hydrogens is 216 g/mol. The van der Waals surface area contributed by atoms with Crippen LogP contribution in [0, 0.1) is 6.92 Å². The van der Waals surface area contributed by atoms with Crippen molar-refractivity contribution in [2.75, 3.05) is 5.32 Å². The number of amides is 1. The largest absolute Gasteiger partial charge is 0.371 e. The molecule has 0 saturated heterocycles. The van der Waals surface area contributed by atoms with E-state index in [1.54, 1.807) is 4.68 Å². The maximum Gasteiger partial charge on any atom is 0.242 e. The van der Waals surface area contributed by atoms with Gasteiger partial charge in [-0.05, 0) is 34.6 Å². The molecule has 1 rings (SSSR count). The quantitative estimate of drug-likeness (QED) is 0.838. The second-order valence-electron chi connectivity index (χ2n) is 5.41. The average molecular weight is 238 g/mol. The van der Waals surface area contributed by atoms with Crippen LogP contribution in [0.2, 0.25) is 0 Å². The molecule has 1 aromatic rings. The third-order valence-electron chi connectivity index (χ3n) is 2.28. The molecule has 0 bridgehead atoms. The van der Waals surface area contributed by atoms with Crippen LogP contribution in [0.5, 0.6) is 0 Å². The Morgan fingerprint density at radius 1 is 1.47 bits per heavy atom. The molecule has 0 aliphatic carbocycles. The predicted molar refractivity (Wildman–Crippen MR) is 68.9 cm³/mol. The van der Waals surface area contributed by atoms with E-state index < -0.39 is 0 Å². The van der Waals surface area contributed by atoms with Crippen LogP contribution in [0.25, 0.3) is 0 Å². The van der Waals surface area contributed by atoms with E-state index in [1.807, 2.05) is 47.9 Å². The van der Waals surface area contributed by atoms with Gasteiger partial charge in [0.05, 0.1) is 11.4 Å². The fourth-order valence-electron chi connectivity index (χ4n) is 1.52.